The minimum Gasteiger partial charge on any atom is -0.490 e. The average Bonchev–Trinajstić information content (AvgIpc) is 4.17. The molecule has 7 aromatic rings. The van der Waals surface area contributed by atoms with Gasteiger partial charge < -0.3 is 19.6 Å². The maximum atomic E-state index is 13.6. The van der Waals surface area contributed by atoms with E-state index in [4.69, 9.17) is 14.7 Å². The van der Waals surface area contributed by atoms with Crippen molar-refractivity contribution >= 4 is 73.0 Å². The number of amides is 3. The van der Waals surface area contributed by atoms with Crippen molar-refractivity contribution < 1.29 is 29.0 Å². The molecule has 5 atom stereocenters. The quantitative estimate of drug-likeness (QED) is 0.0932. The van der Waals surface area contributed by atoms with Gasteiger partial charge in [0.05, 0.1) is 27.9 Å². The zero-order valence-electron chi connectivity index (χ0n) is 41.8. The molecule has 0 spiro atoms. The highest BCUT2D eigenvalue weighted by Crippen LogP contribution is 2.49. The monoisotopic (exact) mass is 1010 g/mol. The van der Waals surface area contributed by atoms with Gasteiger partial charge in [0.25, 0.3) is 5.91 Å². The van der Waals surface area contributed by atoms with Crippen molar-refractivity contribution in [2.24, 2.45) is 24.8 Å². The van der Waals surface area contributed by atoms with Crippen LogP contribution in [0.5, 0.6) is 5.75 Å². The number of carboxylic acid groups (broad SMARTS) is 1. The molecule has 3 aliphatic heterocycles. The molecule has 0 bridgehead atoms. The van der Waals surface area contributed by atoms with Crippen LogP contribution < -0.4 is 25.2 Å². The molecular formula is C57H60N10O6S. The highest BCUT2D eigenvalue weighted by Gasteiger charge is 2.42. The molecule has 12 rings (SSSR count). The van der Waals surface area contributed by atoms with E-state index < -0.39 is 11.9 Å². The number of carbonyl (C=O) groups excluding carboxylic acids is 3. The number of piperidine rings is 1. The van der Waals surface area contributed by atoms with Gasteiger partial charge in [-0.05, 0) is 159 Å². The van der Waals surface area contributed by atoms with E-state index in [1.807, 2.05) is 92.8 Å². The first-order chi connectivity index (χ1) is 36.0. The number of aromatic carboxylic acids is 1. The third kappa shape index (κ3) is 9.47. The maximum Gasteiger partial charge on any atom is 0.355 e. The number of ether oxygens (including phenoxy) is 1. The van der Waals surface area contributed by atoms with E-state index in [2.05, 4.69) is 41.5 Å². The smallest absolute Gasteiger partial charge is 0.355 e. The van der Waals surface area contributed by atoms with Crippen LogP contribution in [0.4, 0.5) is 16.8 Å². The van der Waals surface area contributed by atoms with E-state index in [0.717, 1.165) is 107 Å². The number of pyridine rings is 2. The number of carboxylic acids is 1. The molecule has 3 unspecified atom stereocenters. The lowest BCUT2D eigenvalue weighted by Crippen LogP contribution is -2.47. The highest BCUT2D eigenvalue weighted by atomic mass is 32.1. The molecule has 7 heterocycles. The number of rotatable bonds is 13. The Morgan fingerprint density at radius 1 is 0.838 bits per heavy atom. The number of hydrogen-bond acceptors (Lipinski definition) is 13. The second-order valence-corrected chi connectivity index (χ2v) is 22.0. The van der Waals surface area contributed by atoms with Gasteiger partial charge in [0.1, 0.15) is 17.4 Å². The van der Waals surface area contributed by atoms with E-state index in [1.54, 1.807) is 4.68 Å². The third-order valence-corrected chi connectivity index (χ3v) is 17.3. The predicted octanol–water partition coefficient (Wildman–Crippen LogP) is 8.77. The average molecular weight is 1010 g/mol. The number of para-hydroxylation sites is 1. The van der Waals surface area contributed by atoms with Gasteiger partial charge in [0, 0.05) is 69.3 Å². The first kappa shape index (κ1) is 47.7. The Hall–Kier alpha value is -7.24. The predicted molar refractivity (Wildman–Crippen MR) is 285 cm³/mol. The molecule has 5 aliphatic rings. The van der Waals surface area contributed by atoms with Gasteiger partial charge in [0.15, 0.2) is 16.5 Å². The van der Waals surface area contributed by atoms with Gasteiger partial charge in [-0.1, -0.05) is 41.7 Å². The molecule has 4 aromatic heterocycles. The summed E-state index contributed by atoms with van der Waals surface area (Å²) in [5, 5.41) is 22.0. The van der Waals surface area contributed by atoms with Gasteiger partial charge in [0.2, 0.25) is 11.8 Å². The summed E-state index contributed by atoms with van der Waals surface area (Å²) in [6.07, 6.45) is 8.83. The molecule has 3 aromatic carbocycles. The van der Waals surface area contributed by atoms with Crippen molar-refractivity contribution in [3.8, 4) is 16.9 Å². The summed E-state index contributed by atoms with van der Waals surface area (Å²) in [6, 6.07) is 27.4. The largest absolute Gasteiger partial charge is 0.490 e. The summed E-state index contributed by atoms with van der Waals surface area (Å²) in [5.74, 6) is 2.19. The summed E-state index contributed by atoms with van der Waals surface area (Å²) >= 11 is 1.44. The van der Waals surface area contributed by atoms with Gasteiger partial charge in [-0.3, -0.25) is 34.6 Å². The van der Waals surface area contributed by atoms with E-state index in [1.165, 1.54) is 37.0 Å². The van der Waals surface area contributed by atoms with Crippen molar-refractivity contribution in [3.63, 3.8) is 0 Å². The van der Waals surface area contributed by atoms with Gasteiger partial charge in [-0.15, -0.1) is 0 Å². The van der Waals surface area contributed by atoms with Crippen LogP contribution in [0.1, 0.15) is 101 Å². The van der Waals surface area contributed by atoms with Crippen molar-refractivity contribution in [2.45, 2.75) is 83.3 Å². The van der Waals surface area contributed by atoms with Gasteiger partial charge in [-0.25, -0.2) is 19.7 Å². The number of nitrogens with zero attached hydrogens (tertiary/aromatic N) is 8. The van der Waals surface area contributed by atoms with Crippen LogP contribution in [-0.4, -0.2) is 104 Å². The second-order valence-electron chi connectivity index (χ2n) is 21.0. The lowest BCUT2D eigenvalue weighted by Gasteiger charge is -2.35. The molecule has 3 amide bonds. The van der Waals surface area contributed by atoms with Crippen LogP contribution in [-0.2, 0) is 29.6 Å². The normalized spacial score (nSPS) is 22.0. The zero-order valence-corrected chi connectivity index (χ0v) is 42.6. The van der Waals surface area contributed by atoms with Gasteiger partial charge >= 0.3 is 5.97 Å². The number of carbonyl (C=O) groups is 4. The van der Waals surface area contributed by atoms with Crippen LogP contribution in [0.25, 0.3) is 32.4 Å². The first-order valence-corrected chi connectivity index (χ1v) is 27.0. The number of aryl methyl sites for hydroxylation is 2. The summed E-state index contributed by atoms with van der Waals surface area (Å²) in [6.45, 7) is 8.00. The number of piperazine rings is 1. The molecule has 2 aliphatic carbocycles. The molecule has 2 saturated carbocycles. The van der Waals surface area contributed by atoms with E-state index in [-0.39, 0.29) is 29.5 Å². The molecule has 17 heteroatoms. The first-order valence-electron chi connectivity index (χ1n) is 26.2. The second kappa shape index (κ2) is 19.9. The zero-order chi connectivity index (χ0) is 50.6. The minimum absolute atomic E-state index is 0.00833. The number of aromatic nitrogens is 5. The fourth-order valence-electron chi connectivity index (χ4n) is 12.6. The summed E-state index contributed by atoms with van der Waals surface area (Å²) < 4.78 is 9.40. The van der Waals surface area contributed by atoms with Crippen LogP contribution >= 0.6 is 11.3 Å². The Balaban J connectivity index is 0.611. The SMILES string of the molecule is Cc1cc(OC2C[C@H]3CC(CCCN4CCN(c5ccc6c(C7CCC(=O)NC7=O)nn(C)c6n5)CC4)C[C@H]3C2)ccc1-c1ccc(N2CCc3cccc(C(=O)Nc4nc5ccccc5s4)c3C2)nc1C(=O)O. The minimum atomic E-state index is -1.09. The Morgan fingerprint density at radius 2 is 1.62 bits per heavy atom. The molecule has 4 fully saturated rings. The van der Waals surface area contributed by atoms with E-state index in [9.17, 15) is 24.3 Å². The molecular weight excluding hydrogens is 953 g/mol. The van der Waals surface area contributed by atoms with E-state index in [0.29, 0.717) is 72.0 Å². The van der Waals surface area contributed by atoms with Crippen LogP contribution in [0, 0.1) is 24.7 Å². The number of benzene rings is 3. The molecule has 16 nitrogen and oxygen atoms in total. The third-order valence-electron chi connectivity index (χ3n) is 16.4. The topological polar surface area (TPSA) is 188 Å². The van der Waals surface area contributed by atoms with Gasteiger partial charge in [-0.2, -0.15) is 5.10 Å². The van der Waals surface area contributed by atoms with Crippen LogP contribution in [0.2, 0.25) is 0 Å². The van der Waals surface area contributed by atoms with Crippen molar-refractivity contribution in [1.29, 1.82) is 0 Å². The molecule has 0 radical (unpaired) electrons. The fourth-order valence-corrected chi connectivity index (χ4v) is 13.5. The Kier molecular flexibility index (Phi) is 12.8. The molecule has 74 heavy (non-hydrogen) atoms. The summed E-state index contributed by atoms with van der Waals surface area (Å²) in [7, 11) is 1.86. The lowest BCUT2D eigenvalue weighted by molar-refractivity contribution is -0.134. The van der Waals surface area contributed by atoms with Crippen LogP contribution in [0.3, 0.4) is 0 Å². The number of fused-ring (bicyclic) bond motifs is 4. The molecule has 380 valence electrons. The number of imide groups is 1. The lowest BCUT2D eigenvalue weighted by atomic mass is 9.93. The van der Waals surface area contributed by atoms with Crippen molar-refractivity contribution in [2.75, 3.05) is 54.4 Å². The Bertz CT molecular complexity index is 3300. The Labute approximate surface area is 433 Å². The number of thiazole rings is 1. The summed E-state index contributed by atoms with van der Waals surface area (Å²) in [5.41, 5.74) is 7.14. The fraction of sp³-hybridized carbons (Fsp3) is 0.404. The van der Waals surface area contributed by atoms with E-state index >= 15 is 0 Å². The maximum absolute atomic E-state index is 13.6. The number of hydrogen-bond donors (Lipinski definition) is 3. The summed E-state index contributed by atoms with van der Waals surface area (Å²) in [4.78, 5) is 72.1. The molecule has 2 saturated heterocycles. The van der Waals surface area contributed by atoms with Crippen LogP contribution in [0.15, 0.2) is 84.9 Å². The standard InChI is InChI=1S/C57H60N10O6S/c1-33-27-38(12-13-40(33)41-14-17-48(59-52(41)56(71)72)67-22-20-35-8-5-9-42(45(35)32-67)54(69)62-57-58-46-10-3-4-11-47(46)74-57)73-39-30-36-28-34(29-37(36)31-39)7-6-21-65-23-25-66(26-24-65)49-18-15-43-51(63-64(2)53(43)60-49)44-16-19-50(68)61-55(44)70/h3-5,8-15,17-18,27,34,36-37,39,44H,6-7,16,19-26,28-32H2,1-2H3,(H,71,72)(H,58,62,69)(H,61,68,70)/t34?,36-,37+,39?,44?. The number of anilines is 3. The Morgan fingerprint density at radius 3 is 2.41 bits per heavy atom. The molecule has 3 N–H and O–H groups in total. The highest BCUT2D eigenvalue weighted by molar-refractivity contribution is 7.22. The van der Waals surface area contributed by atoms with Crippen molar-refractivity contribution in [3.05, 3.63) is 119 Å². The van der Waals surface area contributed by atoms with Crippen molar-refractivity contribution in [1.82, 2.24) is 34.9 Å². The number of nitrogens with one attached hydrogen (secondary N) is 2.